The van der Waals surface area contributed by atoms with Crippen LogP contribution in [0.3, 0.4) is 0 Å². The molecule has 0 aliphatic heterocycles. The van der Waals surface area contributed by atoms with Gasteiger partial charge in [-0.25, -0.2) is 23.8 Å². The molecule has 1 amide bonds. The summed E-state index contributed by atoms with van der Waals surface area (Å²) < 4.78 is 34.0. The van der Waals surface area contributed by atoms with Gasteiger partial charge in [0, 0.05) is 11.8 Å². The molecule has 43 heavy (non-hydrogen) atoms. The van der Waals surface area contributed by atoms with Crippen LogP contribution in [0.2, 0.25) is 0 Å². The Bertz CT molecular complexity index is 1670. The number of H-pyrrole nitrogens is 1. The van der Waals surface area contributed by atoms with E-state index < -0.39 is 22.0 Å². The molecule has 0 saturated heterocycles. The molecule has 4 rings (SSSR count). The molecule has 1 fully saturated rings. The standard InChI is InChI=1S/C30H41N7O5S/c1-17-8-9-19(12-24(17)37(32)16-21(31)25-15-33-28(36(25)5)26(38)18-10-11-18)29(39)34-22-13-20(30(2,3)4)14-23(27(22)42-6)35-43(7,40)41/h8-9,12-16,18,26,35,38H,10-11,31-32H2,1-7H3,(H,34,39)/p+1. The van der Waals surface area contributed by atoms with Gasteiger partial charge in [-0.15, -0.1) is 0 Å². The number of hydrazine groups is 1. The second-order valence-corrected chi connectivity index (χ2v) is 13.8. The molecule has 1 atom stereocenters. The number of aromatic nitrogens is 2. The quantitative estimate of drug-likeness (QED) is 0.115. The van der Waals surface area contributed by atoms with Crippen molar-refractivity contribution in [2.45, 2.75) is 52.1 Å². The Kier molecular flexibility index (Phi) is 8.82. The normalized spacial score (nSPS) is 14.8. The fourth-order valence-corrected chi connectivity index (χ4v) is 5.37. The maximum Gasteiger partial charge on any atom is 0.284 e. The largest absolute Gasteiger partial charge is 0.492 e. The van der Waals surface area contributed by atoms with Gasteiger partial charge in [-0.3, -0.25) is 14.5 Å². The molecule has 1 saturated carbocycles. The second kappa shape index (κ2) is 11.9. The number of methoxy groups -OCH3 is 1. The molecule has 232 valence electrons. The van der Waals surface area contributed by atoms with E-state index in [1.54, 1.807) is 42.7 Å². The van der Waals surface area contributed by atoms with Crippen LogP contribution < -0.4 is 35.9 Å². The van der Waals surface area contributed by atoms with Crippen LogP contribution >= 0.6 is 0 Å². The highest BCUT2D eigenvalue weighted by molar-refractivity contribution is 7.92. The number of amides is 1. The molecule has 2 aromatic carbocycles. The van der Waals surface area contributed by atoms with E-state index in [9.17, 15) is 18.3 Å². The molecule has 1 unspecified atom stereocenters. The van der Waals surface area contributed by atoms with Crippen molar-refractivity contribution in [3.05, 3.63) is 70.9 Å². The number of carbonyl (C=O) groups is 1. The smallest absolute Gasteiger partial charge is 0.284 e. The lowest BCUT2D eigenvalue weighted by Crippen LogP contribution is -2.38. The van der Waals surface area contributed by atoms with E-state index in [0.717, 1.165) is 30.2 Å². The minimum Gasteiger partial charge on any atom is -0.492 e. The fraction of sp³-hybridized carbons (Fsp3) is 0.400. The summed E-state index contributed by atoms with van der Waals surface area (Å²) >= 11 is 0. The number of ether oxygens (including phenoxy) is 1. The van der Waals surface area contributed by atoms with Crippen LogP contribution in [0.15, 0.2) is 42.7 Å². The number of sulfonamides is 1. The Labute approximate surface area is 252 Å². The summed E-state index contributed by atoms with van der Waals surface area (Å²) in [6, 6.07) is 8.55. The Morgan fingerprint density at radius 3 is 2.47 bits per heavy atom. The summed E-state index contributed by atoms with van der Waals surface area (Å²) in [4.78, 5) is 16.6. The molecular weight excluding hydrogens is 570 g/mol. The van der Waals surface area contributed by atoms with Gasteiger partial charge >= 0.3 is 0 Å². The highest BCUT2D eigenvalue weighted by atomic mass is 32.2. The van der Waals surface area contributed by atoms with Crippen molar-refractivity contribution in [1.82, 2.24) is 4.98 Å². The summed E-state index contributed by atoms with van der Waals surface area (Å²) in [6.07, 6.45) is 5.73. The van der Waals surface area contributed by atoms with Gasteiger partial charge in [-0.2, -0.15) is 0 Å². The first-order valence-electron chi connectivity index (χ1n) is 13.9. The van der Waals surface area contributed by atoms with Crippen molar-refractivity contribution < 1.29 is 27.6 Å². The lowest BCUT2D eigenvalue weighted by atomic mass is 9.86. The van der Waals surface area contributed by atoms with E-state index in [2.05, 4.69) is 15.0 Å². The minimum atomic E-state index is -3.62. The van der Waals surface area contributed by atoms with Gasteiger partial charge in [-0.05, 0) is 66.5 Å². The molecule has 1 aliphatic carbocycles. The van der Waals surface area contributed by atoms with Crippen LogP contribution in [0.1, 0.15) is 72.7 Å². The van der Waals surface area contributed by atoms with Crippen LogP contribution in [0.25, 0.3) is 5.70 Å². The number of imidazole rings is 1. The highest BCUT2D eigenvalue weighted by Crippen LogP contribution is 2.40. The second-order valence-electron chi connectivity index (χ2n) is 12.1. The van der Waals surface area contributed by atoms with Crippen molar-refractivity contribution in [3.8, 4) is 5.75 Å². The molecule has 1 aliphatic rings. The number of aryl methyl sites for hydroxylation is 1. The van der Waals surface area contributed by atoms with Crippen LogP contribution in [0.4, 0.5) is 17.1 Å². The molecule has 8 N–H and O–H groups in total. The van der Waals surface area contributed by atoms with Gasteiger partial charge in [0.2, 0.25) is 10.0 Å². The first-order chi connectivity index (χ1) is 20.0. The highest BCUT2D eigenvalue weighted by Gasteiger charge is 2.37. The van der Waals surface area contributed by atoms with Crippen LogP contribution in [0.5, 0.6) is 5.75 Å². The Morgan fingerprint density at radius 2 is 1.88 bits per heavy atom. The molecule has 0 bridgehead atoms. The molecule has 0 radical (unpaired) electrons. The average molecular weight is 613 g/mol. The van der Waals surface area contributed by atoms with E-state index in [1.807, 2.05) is 39.3 Å². The molecule has 3 aromatic rings. The lowest BCUT2D eigenvalue weighted by molar-refractivity contribution is -0.684. The number of hydrogen-bond acceptors (Lipinski definition) is 8. The number of carbonyl (C=O) groups excluding carboxylic acids is 1. The van der Waals surface area contributed by atoms with E-state index in [4.69, 9.17) is 16.3 Å². The number of rotatable bonds is 10. The average Bonchev–Trinajstić information content (AvgIpc) is 3.68. The zero-order chi connectivity index (χ0) is 31.9. The fourth-order valence-electron chi connectivity index (χ4n) is 4.82. The molecule has 1 aromatic heterocycles. The molecular formula is C30H42N7O5S+. The number of aromatic amines is 1. The Morgan fingerprint density at radius 1 is 1.23 bits per heavy atom. The molecule has 0 spiro atoms. The van der Waals surface area contributed by atoms with E-state index >= 15 is 0 Å². The summed E-state index contributed by atoms with van der Waals surface area (Å²) in [5, 5.41) is 14.8. The van der Waals surface area contributed by atoms with Crippen LogP contribution in [-0.4, -0.2) is 37.8 Å². The van der Waals surface area contributed by atoms with Gasteiger partial charge in [-0.1, -0.05) is 26.8 Å². The number of nitrogens with one attached hydrogen (secondary N) is 3. The monoisotopic (exact) mass is 612 g/mol. The Hall–Kier alpha value is -4.07. The van der Waals surface area contributed by atoms with E-state index in [1.165, 1.54) is 12.1 Å². The summed E-state index contributed by atoms with van der Waals surface area (Å²) in [7, 11) is -0.391. The topological polar surface area (TPSA) is 180 Å². The third-order valence-corrected chi connectivity index (χ3v) is 8.04. The Balaban J connectivity index is 1.63. The van der Waals surface area contributed by atoms with Gasteiger partial charge in [0.1, 0.15) is 11.9 Å². The predicted octanol–water partition coefficient (Wildman–Crippen LogP) is 3.16. The maximum absolute atomic E-state index is 13.5. The third-order valence-electron chi connectivity index (χ3n) is 7.45. The van der Waals surface area contributed by atoms with Gasteiger partial charge < -0.3 is 20.9 Å². The first kappa shape index (κ1) is 31.9. The third kappa shape index (κ3) is 7.29. The number of aliphatic hydroxyl groups excluding tert-OH is 1. The van der Waals surface area contributed by atoms with Gasteiger partial charge in [0.15, 0.2) is 17.5 Å². The predicted molar refractivity (Wildman–Crippen MR) is 168 cm³/mol. The van der Waals surface area contributed by atoms with Crippen molar-refractivity contribution in [2.75, 3.05) is 28.4 Å². The summed E-state index contributed by atoms with van der Waals surface area (Å²) in [6.45, 7) is 7.81. The minimum absolute atomic E-state index is 0.181. The first-order valence-corrected chi connectivity index (χ1v) is 15.8. The maximum atomic E-state index is 13.5. The van der Waals surface area contributed by atoms with Crippen LogP contribution in [-0.2, 0) is 22.5 Å². The zero-order valence-electron chi connectivity index (χ0n) is 25.6. The summed E-state index contributed by atoms with van der Waals surface area (Å²) in [5.74, 6) is 7.08. The van der Waals surface area contributed by atoms with Crippen molar-refractivity contribution >= 4 is 38.7 Å². The van der Waals surface area contributed by atoms with E-state index in [0.29, 0.717) is 34.2 Å². The van der Waals surface area contributed by atoms with Crippen LogP contribution in [0, 0.1) is 12.8 Å². The van der Waals surface area contributed by atoms with Crippen molar-refractivity contribution in [1.29, 1.82) is 0 Å². The van der Waals surface area contributed by atoms with Crippen molar-refractivity contribution in [2.24, 2.45) is 24.5 Å². The van der Waals surface area contributed by atoms with Gasteiger partial charge in [0.05, 0.1) is 37.5 Å². The SMILES string of the molecule is COc1c(NC(=O)c2ccc(C)c(N(N)C=C(N)c3c[nH]c(C(O)C4CC4)[n+]3C)c2)cc(C(C)(C)C)cc1NS(C)(=O)=O. The van der Waals surface area contributed by atoms with Gasteiger partial charge in [0.25, 0.3) is 11.7 Å². The number of benzene rings is 2. The summed E-state index contributed by atoms with van der Waals surface area (Å²) in [5.41, 5.74) is 10.0. The number of hydrogen-bond donors (Lipinski definition) is 6. The molecule has 1 heterocycles. The zero-order valence-corrected chi connectivity index (χ0v) is 26.5. The number of aliphatic hydroxyl groups is 1. The number of nitrogens with zero attached hydrogens (tertiary/aromatic N) is 2. The van der Waals surface area contributed by atoms with Crippen molar-refractivity contribution in [3.63, 3.8) is 0 Å². The number of nitrogens with two attached hydrogens (primary N) is 2. The van der Waals surface area contributed by atoms with E-state index in [-0.39, 0.29) is 22.8 Å². The molecule has 12 nitrogen and oxygen atoms in total. The molecule has 13 heteroatoms. The number of anilines is 3. The lowest BCUT2D eigenvalue weighted by Gasteiger charge is -2.24.